The Labute approximate surface area is 174 Å². The highest BCUT2D eigenvalue weighted by molar-refractivity contribution is 7.99. The number of carbonyl (C=O) groups excluding carboxylic acids is 1. The van der Waals surface area contributed by atoms with Crippen molar-refractivity contribution in [3.05, 3.63) is 48.8 Å². The van der Waals surface area contributed by atoms with Crippen LogP contribution in [0.3, 0.4) is 0 Å². The van der Waals surface area contributed by atoms with E-state index in [1.165, 1.54) is 11.8 Å². The first-order chi connectivity index (χ1) is 14.3. The lowest BCUT2D eigenvalue weighted by Crippen LogP contribution is -2.29. The summed E-state index contributed by atoms with van der Waals surface area (Å²) in [5, 5.41) is 9.48. The number of para-hydroxylation sites is 2. The van der Waals surface area contributed by atoms with Gasteiger partial charge in [0.05, 0.1) is 18.0 Å². The summed E-state index contributed by atoms with van der Waals surface area (Å²) in [6.45, 7) is 4.21. The summed E-state index contributed by atoms with van der Waals surface area (Å²) in [6.07, 6.45) is 5.63. The SMILES string of the molecule is CCOc1ccccc1-n1c(SCC(=O)N2CCCC2)nnc1-c1ccncc1. The Morgan fingerprint density at radius 2 is 1.86 bits per heavy atom. The highest BCUT2D eigenvalue weighted by Crippen LogP contribution is 2.32. The van der Waals surface area contributed by atoms with Crippen molar-refractivity contribution in [3.8, 4) is 22.8 Å². The Morgan fingerprint density at radius 1 is 1.10 bits per heavy atom. The van der Waals surface area contributed by atoms with Crippen molar-refractivity contribution in [3.63, 3.8) is 0 Å². The van der Waals surface area contributed by atoms with E-state index in [2.05, 4.69) is 15.2 Å². The van der Waals surface area contributed by atoms with Gasteiger partial charge < -0.3 is 9.64 Å². The van der Waals surface area contributed by atoms with Crippen LogP contribution >= 0.6 is 11.8 Å². The van der Waals surface area contributed by atoms with Crippen LogP contribution in [0.15, 0.2) is 53.9 Å². The molecule has 0 radical (unpaired) electrons. The number of likely N-dealkylation sites (tertiary alicyclic amines) is 1. The number of thioether (sulfide) groups is 1. The number of hydrogen-bond donors (Lipinski definition) is 0. The molecule has 0 unspecified atom stereocenters. The zero-order valence-corrected chi connectivity index (χ0v) is 17.1. The third kappa shape index (κ3) is 4.27. The van der Waals surface area contributed by atoms with Gasteiger partial charge in [-0.15, -0.1) is 10.2 Å². The molecule has 0 N–H and O–H groups in total. The van der Waals surface area contributed by atoms with Gasteiger partial charge in [0, 0.05) is 31.0 Å². The van der Waals surface area contributed by atoms with Crippen LogP contribution in [0.5, 0.6) is 5.75 Å². The quantitative estimate of drug-likeness (QED) is 0.557. The van der Waals surface area contributed by atoms with E-state index in [1.54, 1.807) is 12.4 Å². The average Bonchev–Trinajstić information content (AvgIpc) is 3.44. The standard InChI is InChI=1S/C21H23N5O2S/c1-2-28-18-8-4-3-7-17(18)26-20(16-9-11-22-12-10-16)23-24-21(26)29-15-19(27)25-13-5-6-14-25/h3-4,7-12H,2,5-6,13-15H2,1H3. The van der Waals surface area contributed by atoms with Crippen molar-refractivity contribution in [1.82, 2.24) is 24.6 Å². The predicted octanol–water partition coefficient (Wildman–Crippen LogP) is 3.44. The number of aromatic nitrogens is 4. The molecule has 7 nitrogen and oxygen atoms in total. The predicted molar refractivity (Wildman–Crippen MR) is 112 cm³/mol. The van der Waals surface area contributed by atoms with E-state index in [9.17, 15) is 4.79 Å². The second kappa shape index (κ2) is 9.09. The van der Waals surface area contributed by atoms with Crippen molar-refractivity contribution in [2.75, 3.05) is 25.4 Å². The summed E-state index contributed by atoms with van der Waals surface area (Å²) >= 11 is 1.41. The van der Waals surface area contributed by atoms with Crippen LogP contribution in [0, 0.1) is 0 Å². The van der Waals surface area contributed by atoms with Crippen molar-refractivity contribution in [2.45, 2.75) is 24.9 Å². The van der Waals surface area contributed by atoms with E-state index in [0.29, 0.717) is 23.3 Å². The first-order valence-corrected chi connectivity index (χ1v) is 10.7. The van der Waals surface area contributed by atoms with E-state index in [4.69, 9.17) is 4.74 Å². The molecule has 0 aliphatic carbocycles. The third-order valence-corrected chi connectivity index (χ3v) is 5.68. The summed E-state index contributed by atoms with van der Waals surface area (Å²) in [5.41, 5.74) is 1.75. The van der Waals surface area contributed by atoms with Crippen LogP contribution in [0.4, 0.5) is 0 Å². The van der Waals surface area contributed by atoms with Crippen LogP contribution < -0.4 is 4.74 Å². The molecule has 1 fully saturated rings. The highest BCUT2D eigenvalue weighted by Gasteiger charge is 2.22. The lowest BCUT2D eigenvalue weighted by atomic mass is 10.2. The molecule has 0 bridgehead atoms. The molecule has 1 aliphatic heterocycles. The van der Waals surface area contributed by atoms with E-state index in [-0.39, 0.29) is 5.91 Å². The second-order valence-electron chi connectivity index (χ2n) is 6.65. The number of nitrogens with zero attached hydrogens (tertiary/aromatic N) is 5. The van der Waals surface area contributed by atoms with Gasteiger partial charge in [0.15, 0.2) is 11.0 Å². The van der Waals surface area contributed by atoms with Crippen molar-refractivity contribution in [1.29, 1.82) is 0 Å². The summed E-state index contributed by atoms with van der Waals surface area (Å²) in [5.74, 6) is 1.92. The van der Waals surface area contributed by atoms with Crippen LogP contribution in [-0.4, -0.2) is 56.0 Å². The molecule has 3 aromatic rings. The highest BCUT2D eigenvalue weighted by atomic mass is 32.2. The van der Waals surface area contributed by atoms with E-state index < -0.39 is 0 Å². The molecule has 150 valence electrons. The Bertz CT molecular complexity index is 970. The Kier molecular flexibility index (Phi) is 6.09. The molecule has 1 aliphatic rings. The third-order valence-electron chi connectivity index (χ3n) is 4.76. The summed E-state index contributed by atoms with van der Waals surface area (Å²) in [6, 6.07) is 11.6. The fourth-order valence-corrected chi connectivity index (χ4v) is 4.22. The van der Waals surface area contributed by atoms with Gasteiger partial charge in [-0.1, -0.05) is 23.9 Å². The number of hydrogen-bond acceptors (Lipinski definition) is 6. The number of rotatable bonds is 7. The lowest BCUT2D eigenvalue weighted by Gasteiger charge is -2.16. The van der Waals surface area contributed by atoms with Crippen molar-refractivity contribution < 1.29 is 9.53 Å². The van der Waals surface area contributed by atoms with Gasteiger partial charge in [0.2, 0.25) is 5.91 Å². The zero-order valence-electron chi connectivity index (χ0n) is 16.3. The summed E-state index contributed by atoms with van der Waals surface area (Å²) in [4.78, 5) is 18.5. The number of ether oxygens (including phenoxy) is 1. The molecular weight excluding hydrogens is 386 g/mol. The summed E-state index contributed by atoms with van der Waals surface area (Å²) < 4.78 is 7.80. The number of pyridine rings is 1. The van der Waals surface area contributed by atoms with E-state index >= 15 is 0 Å². The fourth-order valence-electron chi connectivity index (χ4n) is 3.37. The number of carbonyl (C=O) groups is 1. The molecule has 8 heteroatoms. The fraction of sp³-hybridized carbons (Fsp3) is 0.333. The maximum Gasteiger partial charge on any atom is 0.233 e. The first-order valence-electron chi connectivity index (χ1n) is 9.76. The molecule has 1 saturated heterocycles. The number of amides is 1. The molecular formula is C21H23N5O2S. The smallest absolute Gasteiger partial charge is 0.233 e. The second-order valence-corrected chi connectivity index (χ2v) is 7.60. The first kappa shape index (κ1) is 19.4. The van der Waals surface area contributed by atoms with Gasteiger partial charge in [0.1, 0.15) is 5.75 Å². The van der Waals surface area contributed by atoms with Gasteiger partial charge in [-0.05, 0) is 44.0 Å². The minimum Gasteiger partial charge on any atom is -0.492 e. The van der Waals surface area contributed by atoms with E-state index in [1.807, 2.05) is 52.8 Å². The maximum atomic E-state index is 12.5. The van der Waals surface area contributed by atoms with Crippen LogP contribution in [0.25, 0.3) is 17.1 Å². The van der Waals surface area contributed by atoms with Gasteiger partial charge >= 0.3 is 0 Å². The monoisotopic (exact) mass is 409 g/mol. The zero-order chi connectivity index (χ0) is 20.1. The lowest BCUT2D eigenvalue weighted by molar-refractivity contribution is -0.127. The minimum atomic E-state index is 0.144. The average molecular weight is 410 g/mol. The molecule has 1 aromatic carbocycles. The Balaban J connectivity index is 1.70. The number of benzene rings is 1. The van der Waals surface area contributed by atoms with Gasteiger partial charge in [-0.25, -0.2) is 0 Å². The molecule has 3 heterocycles. The van der Waals surface area contributed by atoms with Gasteiger partial charge in [-0.2, -0.15) is 0 Å². The molecule has 2 aromatic heterocycles. The largest absolute Gasteiger partial charge is 0.492 e. The van der Waals surface area contributed by atoms with Crippen LogP contribution in [-0.2, 0) is 4.79 Å². The van der Waals surface area contributed by atoms with Crippen LogP contribution in [0.2, 0.25) is 0 Å². The Morgan fingerprint density at radius 3 is 2.62 bits per heavy atom. The maximum absolute atomic E-state index is 12.5. The molecule has 0 saturated carbocycles. The van der Waals surface area contributed by atoms with E-state index in [0.717, 1.165) is 42.9 Å². The minimum absolute atomic E-state index is 0.144. The topological polar surface area (TPSA) is 73.1 Å². The summed E-state index contributed by atoms with van der Waals surface area (Å²) in [7, 11) is 0. The van der Waals surface area contributed by atoms with Gasteiger partial charge in [0.25, 0.3) is 0 Å². The van der Waals surface area contributed by atoms with Crippen molar-refractivity contribution in [2.24, 2.45) is 0 Å². The van der Waals surface area contributed by atoms with Crippen molar-refractivity contribution >= 4 is 17.7 Å². The van der Waals surface area contributed by atoms with Crippen LogP contribution in [0.1, 0.15) is 19.8 Å². The molecule has 0 spiro atoms. The molecule has 0 atom stereocenters. The molecule has 4 rings (SSSR count). The van der Waals surface area contributed by atoms with Gasteiger partial charge in [-0.3, -0.25) is 14.3 Å². The normalized spacial score (nSPS) is 13.6. The molecule has 1 amide bonds. The molecule has 29 heavy (non-hydrogen) atoms. The Hall–Kier alpha value is -2.87.